The molecule has 0 aliphatic heterocycles. The van der Waals surface area contributed by atoms with Crippen molar-refractivity contribution < 1.29 is 102 Å². The van der Waals surface area contributed by atoms with Gasteiger partial charge < -0.3 is 51.9 Å². The van der Waals surface area contributed by atoms with E-state index in [1.54, 1.807) is 130 Å². The van der Waals surface area contributed by atoms with Gasteiger partial charge in [0.05, 0.1) is 90.7 Å². The number of nitrogens with zero attached hydrogens (tertiary/aromatic N) is 10. The number of rotatable bonds is 28. The topological polar surface area (TPSA) is 352 Å². The smallest absolute Gasteiger partial charge is 1.00 e. The van der Waals surface area contributed by atoms with Crippen LogP contribution in [0, 0.1) is 69.8 Å². The van der Waals surface area contributed by atoms with Gasteiger partial charge in [0.2, 0.25) is 0 Å². The molecule has 0 spiro atoms. The summed E-state index contributed by atoms with van der Waals surface area (Å²) in [4.78, 5) is 122. The molecule has 0 saturated carbocycles. The molecule has 24 nitrogen and oxygen atoms in total. The summed E-state index contributed by atoms with van der Waals surface area (Å²) in [5.41, 5.74) is 17.4. The van der Waals surface area contributed by atoms with Crippen LogP contribution in [0.15, 0.2) is 263 Å². The number of hydrogen-bond acceptors (Lipinski definition) is 23. The predicted molar refractivity (Wildman–Crippen MR) is 514 cm³/mol. The Labute approximate surface area is 824 Å². The third kappa shape index (κ3) is 31.9. The molecule has 0 radical (unpaired) electrons. The van der Waals surface area contributed by atoms with Gasteiger partial charge in [0.1, 0.15) is 57.8 Å². The second-order valence-corrected chi connectivity index (χ2v) is 30.1. The van der Waals surface area contributed by atoms with Gasteiger partial charge in [0.15, 0.2) is 34.7 Å². The number of carbonyl (C=O) groups is 7. The van der Waals surface area contributed by atoms with Gasteiger partial charge in [0.25, 0.3) is 0 Å². The van der Waals surface area contributed by atoms with Gasteiger partial charge >= 0.3 is 29.0 Å². The number of aromatic nitrogens is 10. The van der Waals surface area contributed by atoms with Crippen molar-refractivity contribution in [1.82, 2.24) is 49.8 Å². The minimum atomic E-state index is -1.20. The zero-order valence-corrected chi connectivity index (χ0v) is 81.7. The minimum absolute atomic E-state index is 0. The predicted octanol–water partition coefficient (Wildman–Crippen LogP) is 17.2. The van der Waals surface area contributed by atoms with Gasteiger partial charge in [-0.25, -0.2) is 31.7 Å². The van der Waals surface area contributed by atoms with Gasteiger partial charge in [-0.1, -0.05) is 87.5 Å². The Hall–Kier alpha value is -14.8. The second-order valence-electron chi connectivity index (χ2n) is 30.1. The zero-order chi connectivity index (χ0) is 99.1. The Morgan fingerprint density at radius 3 is 0.870 bits per heavy atom. The maximum atomic E-state index is 13.6. The number of nitrogen functional groups attached to an aromatic ring is 1. The Kier molecular flexibility index (Phi) is 45.3. The van der Waals surface area contributed by atoms with E-state index < -0.39 is 40.7 Å². The maximum Gasteiger partial charge on any atom is 2.00 e. The van der Waals surface area contributed by atoms with Crippen LogP contribution in [0.1, 0.15) is 210 Å². The molecule has 1 atom stereocenters. The van der Waals surface area contributed by atoms with E-state index in [9.17, 15) is 60.6 Å². The Balaban J connectivity index is 0.000000256. The van der Waals surface area contributed by atoms with E-state index in [1.807, 2.05) is 149 Å². The summed E-state index contributed by atoms with van der Waals surface area (Å²) < 4.78 is 87.4. The average molecular weight is 1950 g/mol. The van der Waals surface area contributed by atoms with Crippen molar-refractivity contribution >= 4 is 80.7 Å². The molecular formula is C107H103BrF5MgN11O13. The van der Waals surface area contributed by atoms with Crippen molar-refractivity contribution in [1.29, 1.82) is 0 Å². The number of benzene rings is 4. The van der Waals surface area contributed by atoms with E-state index in [4.69, 9.17) is 29.8 Å². The number of hydrogen-bond donors (Lipinski definition) is 3. The number of allylic oxidation sites excluding steroid dienone is 2. The SMILES string of the molecule is C/C=C(/c1ccc(OC)cc1)c1ccc(CC(=O)c2cncc(F)c2C)nc1.CC=C(c1ccc(OC)cc1)c1ccc(CC(=O)c2cncc(F)c2C)nc1.CCC(=O)c1ccc(CC(=O)c2cncc(F)c2C)nc1.CCC(=O)c1ccc(N)nc1.CCC(O)(c1ccc(OC)cc1)c1ccc(CC(=O)c2cncc(F)c2C)nc1.COc1cc[c-]cc1.Cc1c(F)cncc1C(=O)O.[Br-].[Mg+2]. The van der Waals surface area contributed by atoms with Crippen molar-refractivity contribution in [3.63, 3.8) is 0 Å². The molecular weight excluding hydrogens is 1850 g/mol. The van der Waals surface area contributed by atoms with E-state index in [2.05, 4.69) is 55.9 Å². The van der Waals surface area contributed by atoms with Crippen molar-refractivity contribution in [2.45, 2.75) is 120 Å². The number of methoxy groups -OCH3 is 4. The van der Waals surface area contributed by atoms with Gasteiger partial charge in [-0.3, -0.25) is 73.6 Å². The van der Waals surface area contributed by atoms with E-state index >= 15 is 0 Å². The first kappa shape index (κ1) is 112. The summed E-state index contributed by atoms with van der Waals surface area (Å²) in [6, 6.07) is 50.7. The van der Waals surface area contributed by atoms with Gasteiger partial charge in [-0.15, -0.1) is 12.1 Å². The van der Waals surface area contributed by atoms with Crippen molar-refractivity contribution in [2.24, 2.45) is 0 Å². The Bertz CT molecular complexity index is 6310. The summed E-state index contributed by atoms with van der Waals surface area (Å²) in [7, 11) is 6.51. The maximum absolute atomic E-state index is 13.6. The molecule has 31 heteroatoms. The number of ketones is 6. The quantitative estimate of drug-likeness (QED) is 0.0177. The fourth-order valence-electron chi connectivity index (χ4n) is 13.2. The van der Waals surface area contributed by atoms with Gasteiger partial charge in [0, 0.05) is 159 Å². The van der Waals surface area contributed by atoms with Crippen LogP contribution < -0.4 is 41.7 Å². The van der Waals surface area contributed by atoms with E-state index in [1.165, 1.54) is 44.1 Å². The minimum Gasteiger partial charge on any atom is -1.00 e. The molecule has 0 fully saturated rings. The number of aliphatic hydroxyl groups is 1. The Morgan fingerprint density at radius 1 is 0.348 bits per heavy atom. The second kappa shape index (κ2) is 55.9. The number of anilines is 1. The monoisotopic (exact) mass is 1950 g/mol. The molecule has 1 unspecified atom stereocenters. The van der Waals surface area contributed by atoms with Crippen molar-refractivity contribution in [2.75, 3.05) is 34.2 Å². The molecule has 0 aliphatic carbocycles. The molecule has 708 valence electrons. The summed E-state index contributed by atoms with van der Waals surface area (Å²) in [6.07, 6.45) is 25.7. The van der Waals surface area contributed by atoms with Crippen LogP contribution in [-0.4, -0.2) is 152 Å². The largest absolute Gasteiger partial charge is 2.00 e. The van der Waals surface area contributed by atoms with Gasteiger partial charge in [-0.05, 0) is 184 Å². The number of halogens is 6. The van der Waals surface area contributed by atoms with Crippen LogP contribution in [0.2, 0.25) is 0 Å². The number of Topliss-reactive ketones (excluding diaryl/α,β-unsaturated/α-hetero) is 6. The third-order valence-corrected chi connectivity index (χ3v) is 21.4. The molecule has 0 saturated heterocycles. The first-order valence-electron chi connectivity index (χ1n) is 42.7. The van der Waals surface area contributed by atoms with Crippen LogP contribution in [-0.2, 0) is 31.3 Å². The zero-order valence-electron chi connectivity index (χ0n) is 78.7. The fourth-order valence-corrected chi connectivity index (χ4v) is 13.2. The fraction of sp³-hybridized carbons (Fsp3) is 0.206. The normalized spacial score (nSPS) is 11.0. The number of pyridine rings is 10. The molecule has 0 aliphatic rings. The van der Waals surface area contributed by atoms with Crippen LogP contribution in [0.3, 0.4) is 0 Å². The van der Waals surface area contributed by atoms with Crippen LogP contribution in [0.5, 0.6) is 23.0 Å². The Morgan fingerprint density at radius 2 is 0.616 bits per heavy atom. The van der Waals surface area contributed by atoms with Crippen LogP contribution in [0.4, 0.5) is 27.8 Å². The molecule has 14 rings (SSSR count). The summed E-state index contributed by atoms with van der Waals surface area (Å²) in [5.74, 6) is -0.900. The van der Waals surface area contributed by atoms with Gasteiger partial charge in [-0.2, -0.15) is 18.2 Å². The number of nitrogens with two attached hydrogens (primary N) is 1. The number of ether oxygens (including phenoxy) is 4. The van der Waals surface area contributed by atoms with Crippen LogP contribution in [0.25, 0.3) is 11.1 Å². The van der Waals surface area contributed by atoms with E-state index in [-0.39, 0.29) is 134 Å². The van der Waals surface area contributed by atoms with Crippen molar-refractivity contribution in [3.05, 3.63) is 421 Å². The number of aromatic carboxylic acids is 1. The van der Waals surface area contributed by atoms with Crippen LogP contribution >= 0.6 is 0 Å². The molecule has 10 aromatic heterocycles. The number of carboxylic acid groups (broad SMARTS) is 1. The summed E-state index contributed by atoms with van der Waals surface area (Å²) >= 11 is 0. The summed E-state index contributed by atoms with van der Waals surface area (Å²) in [6.45, 7) is 17.1. The van der Waals surface area contributed by atoms with E-state index in [0.29, 0.717) is 92.5 Å². The molecule has 10 heterocycles. The standard InChI is InChI=1S/C23H23FN2O3.2C23H21FN2O2.C16H15FN2O2.C8H10N2O.C7H6FNO2.C7H7O.BrH.Mg/c1-4-23(28,16-6-9-19(29-3)10-7-16)17-5-8-18(26-12-17)11-22(27)20-13-25-14-21(24)15(20)2;2*1-4-20(16-6-9-19(28-3)10-7-16)17-5-8-18(26-12-17)11-23(27)21-13-25-14-22(24)15(21)2;1-3-15(20)11-4-5-12(19-7-11)6-16(21)13-8-18-9-14(17)10(13)2;1-2-7(11)6-3-4-8(9)10-5-6;1-4-5(7(10)11)2-9-3-6(4)8;1-8-7-5-3-2-4-6-7;;/h5-10,12-14,28H,4,11H2,1-3H3;2*4-10,12-14H,11H2,1-3H3;4-5,7-9H,3,6H2,1-2H3;3-5H,2H2,1H3,(H2,9,10);2-3H,1H3,(H,10,11);3-6H,1H3;1H;/q;;;;;;-1;;+2/p-1/b;20-4-;;;;;;;. The van der Waals surface area contributed by atoms with E-state index in [0.717, 1.165) is 93.4 Å². The molecule has 0 bridgehead atoms. The summed E-state index contributed by atoms with van der Waals surface area (Å²) in [5, 5.41) is 19.7. The first-order chi connectivity index (χ1) is 65.3. The number of carbonyl (C=O) groups excluding carboxylic acids is 6. The third-order valence-electron chi connectivity index (χ3n) is 21.4. The molecule has 14 aromatic rings. The molecule has 0 amide bonds. The van der Waals surface area contributed by atoms with Crippen molar-refractivity contribution in [3.8, 4) is 23.0 Å². The average Bonchev–Trinajstić information content (AvgIpc) is 0.786. The first-order valence-corrected chi connectivity index (χ1v) is 42.7. The number of carboxylic acids is 1. The molecule has 138 heavy (non-hydrogen) atoms. The molecule has 4 N–H and O–H groups in total. The molecule has 4 aromatic carbocycles.